The first-order valence-electron chi connectivity index (χ1n) is 11.2. The molecule has 4 aliphatic rings. The number of esters is 2. The molecule has 2 heterocycles. The van der Waals surface area contributed by atoms with Crippen molar-refractivity contribution in [3.8, 4) is 0 Å². The van der Waals surface area contributed by atoms with E-state index in [0.29, 0.717) is 25.7 Å². The molecule has 4 fully saturated rings. The largest absolute Gasteiger partial charge is 0.448 e. The summed E-state index contributed by atoms with van der Waals surface area (Å²) < 4.78 is 11.2. The fourth-order valence-corrected chi connectivity index (χ4v) is 6.27. The highest BCUT2D eigenvalue weighted by molar-refractivity contribution is 5.97. The number of ether oxygens (including phenoxy) is 2. The summed E-state index contributed by atoms with van der Waals surface area (Å²) >= 11 is 0. The molecule has 0 radical (unpaired) electrons. The predicted molar refractivity (Wildman–Crippen MR) is 111 cm³/mol. The zero-order chi connectivity index (χ0) is 23.3. The van der Waals surface area contributed by atoms with Crippen molar-refractivity contribution in [3.05, 3.63) is 0 Å². The minimum Gasteiger partial charge on any atom is -0.448 e. The van der Waals surface area contributed by atoms with Crippen molar-refractivity contribution in [1.29, 1.82) is 0 Å². The first-order valence-corrected chi connectivity index (χ1v) is 11.2. The van der Waals surface area contributed by atoms with Gasteiger partial charge in [-0.3, -0.25) is 19.2 Å². The van der Waals surface area contributed by atoms with Gasteiger partial charge < -0.3 is 20.1 Å². The molecule has 8 nitrogen and oxygen atoms in total. The van der Waals surface area contributed by atoms with E-state index in [2.05, 4.69) is 10.6 Å². The van der Waals surface area contributed by atoms with Gasteiger partial charge >= 0.3 is 11.9 Å². The molecule has 0 aromatic rings. The van der Waals surface area contributed by atoms with Gasteiger partial charge in [0.1, 0.15) is 0 Å². The van der Waals surface area contributed by atoms with Gasteiger partial charge in [-0.1, -0.05) is 27.7 Å². The second-order valence-electron chi connectivity index (χ2n) is 11.4. The third-order valence-electron chi connectivity index (χ3n) is 9.85. The third kappa shape index (κ3) is 2.26. The summed E-state index contributed by atoms with van der Waals surface area (Å²) in [5, 5.41) is 5.79. The van der Waals surface area contributed by atoms with Gasteiger partial charge in [0.25, 0.3) is 11.8 Å². The number of carbonyl (C=O) groups is 4. The van der Waals surface area contributed by atoms with E-state index in [0.717, 1.165) is 0 Å². The Morgan fingerprint density at radius 2 is 1.23 bits per heavy atom. The van der Waals surface area contributed by atoms with Gasteiger partial charge in [0.2, 0.25) is 0 Å². The summed E-state index contributed by atoms with van der Waals surface area (Å²) in [5.74, 6) is -1.30. The lowest BCUT2D eigenvalue weighted by atomic mass is 9.66. The molecule has 2 saturated heterocycles. The highest BCUT2D eigenvalue weighted by Gasteiger charge is 2.76. The van der Waals surface area contributed by atoms with E-state index in [-0.39, 0.29) is 30.3 Å². The molecule has 2 aliphatic heterocycles. The molecule has 0 aromatic carbocycles. The SMILES string of the molecule is C[C@@H](CNC(=O)[C@@]12CC[C@](C)(C(=O)O1)C2(C)C)NC(=O)[C@]12CC[C@](C)(C(=O)O1)C2(C)C. The smallest absolute Gasteiger partial charge is 0.313 e. The van der Waals surface area contributed by atoms with Gasteiger partial charge in [-0.25, -0.2) is 0 Å². The van der Waals surface area contributed by atoms with Crippen molar-refractivity contribution in [2.75, 3.05) is 6.54 Å². The van der Waals surface area contributed by atoms with Crippen LogP contribution in [0.5, 0.6) is 0 Å². The van der Waals surface area contributed by atoms with Crippen LogP contribution >= 0.6 is 0 Å². The number of hydrogen-bond donors (Lipinski definition) is 2. The first kappa shape index (κ1) is 22.1. The lowest BCUT2D eigenvalue weighted by molar-refractivity contribution is -0.169. The van der Waals surface area contributed by atoms with E-state index in [9.17, 15) is 19.2 Å². The highest BCUT2D eigenvalue weighted by Crippen LogP contribution is 2.66. The Balaban J connectivity index is 1.41. The molecule has 5 atom stereocenters. The molecule has 0 aromatic heterocycles. The summed E-state index contributed by atoms with van der Waals surface area (Å²) in [4.78, 5) is 51.1. The van der Waals surface area contributed by atoms with Crippen LogP contribution in [0.3, 0.4) is 0 Å². The number of nitrogens with one attached hydrogen (secondary N) is 2. The normalized spacial score (nSPS) is 42.2. The molecule has 2 N–H and O–H groups in total. The van der Waals surface area contributed by atoms with Gasteiger partial charge in [-0.05, 0) is 46.5 Å². The Morgan fingerprint density at radius 1 is 0.806 bits per heavy atom. The minimum absolute atomic E-state index is 0.179. The average Bonchev–Trinajstić information content (AvgIpc) is 3.14. The fourth-order valence-electron chi connectivity index (χ4n) is 6.27. The van der Waals surface area contributed by atoms with Gasteiger partial charge in [-0.2, -0.15) is 0 Å². The van der Waals surface area contributed by atoms with Crippen LogP contribution in [-0.4, -0.2) is 47.5 Å². The van der Waals surface area contributed by atoms with Crippen LogP contribution in [0.15, 0.2) is 0 Å². The number of amides is 2. The molecule has 2 saturated carbocycles. The van der Waals surface area contributed by atoms with E-state index in [4.69, 9.17) is 9.47 Å². The average molecular weight is 435 g/mol. The van der Waals surface area contributed by atoms with Crippen molar-refractivity contribution in [3.63, 3.8) is 0 Å². The molecule has 0 spiro atoms. The van der Waals surface area contributed by atoms with Gasteiger partial charge in [-0.15, -0.1) is 0 Å². The van der Waals surface area contributed by atoms with E-state index < -0.39 is 38.9 Å². The lowest BCUT2D eigenvalue weighted by Crippen LogP contribution is -2.58. The topological polar surface area (TPSA) is 111 Å². The lowest BCUT2D eigenvalue weighted by Gasteiger charge is -2.37. The Hall–Kier alpha value is -2.12. The summed E-state index contributed by atoms with van der Waals surface area (Å²) in [5.41, 5.74) is -4.96. The monoisotopic (exact) mass is 434 g/mol. The Morgan fingerprint density at radius 3 is 1.58 bits per heavy atom. The number of fused-ring (bicyclic) bond motifs is 4. The molecular formula is C23H34N2O6. The van der Waals surface area contributed by atoms with E-state index in [1.165, 1.54) is 0 Å². The minimum atomic E-state index is -1.19. The highest BCUT2D eigenvalue weighted by atomic mass is 16.6. The molecular weight excluding hydrogens is 400 g/mol. The molecule has 0 unspecified atom stereocenters. The Bertz CT molecular complexity index is 896. The molecule has 4 rings (SSSR count). The Labute approximate surface area is 183 Å². The summed E-state index contributed by atoms with van der Waals surface area (Å²) in [7, 11) is 0. The van der Waals surface area contributed by atoms with Crippen LogP contribution in [0.25, 0.3) is 0 Å². The first-order chi connectivity index (χ1) is 14.1. The number of rotatable bonds is 5. The van der Waals surface area contributed by atoms with Crippen LogP contribution in [0, 0.1) is 21.7 Å². The molecule has 172 valence electrons. The molecule has 2 amide bonds. The van der Waals surface area contributed by atoms with Crippen LogP contribution in [0.1, 0.15) is 74.1 Å². The van der Waals surface area contributed by atoms with E-state index in [1.54, 1.807) is 6.92 Å². The maximum Gasteiger partial charge on any atom is 0.313 e. The van der Waals surface area contributed by atoms with Gasteiger partial charge in [0.05, 0.1) is 10.8 Å². The summed E-state index contributed by atoms with van der Waals surface area (Å²) in [6, 6.07) is -0.391. The zero-order valence-electron chi connectivity index (χ0n) is 19.6. The van der Waals surface area contributed by atoms with Crippen molar-refractivity contribution in [1.82, 2.24) is 10.6 Å². The molecule has 8 heteroatoms. The molecule has 31 heavy (non-hydrogen) atoms. The standard InChI is InChI=1S/C23H34N2O6/c1-13(25-15(27)23-11-9-21(7,17(29)31-23)19(23,4)5)12-24-14(26)22-10-8-20(6,16(28)30-22)18(22,2)3/h13H,8-12H2,1-7H3,(H,24,26)(H,25,27)/t13-,20+,21+,22+,23-/m0/s1. The van der Waals surface area contributed by atoms with Gasteiger partial charge in [0, 0.05) is 23.4 Å². The van der Waals surface area contributed by atoms with E-state index >= 15 is 0 Å². The fraction of sp³-hybridized carbons (Fsp3) is 0.826. The quantitative estimate of drug-likeness (QED) is 0.639. The summed E-state index contributed by atoms with van der Waals surface area (Å²) in [6.07, 6.45) is 2.19. The van der Waals surface area contributed by atoms with Crippen LogP contribution in [0.4, 0.5) is 0 Å². The van der Waals surface area contributed by atoms with Crippen LogP contribution < -0.4 is 10.6 Å². The van der Waals surface area contributed by atoms with Gasteiger partial charge in [0.15, 0.2) is 11.2 Å². The van der Waals surface area contributed by atoms with Crippen LogP contribution in [-0.2, 0) is 28.7 Å². The third-order valence-corrected chi connectivity index (χ3v) is 9.85. The summed E-state index contributed by atoms with van der Waals surface area (Å²) in [6.45, 7) is 13.3. The molecule has 4 bridgehead atoms. The van der Waals surface area contributed by atoms with Crippen molar-refractivity contribution < 1.29 is 28.7 Å². The second-order valence-corrected chi connectivity index (χ2v) is 11.4. The van der Waals surface area contributed by atoms with Crippen molar-refractivity contribution in [2.45, 2.75) is 91.4 Å². The number of carbonyl (C=O) groups excluding carboxylic acids is 4. The number of hydrogen-bond acceptors (Lipinski definition) is 6. The Kier molecular flexibility index (Phi) is 4.28. The maximum absolute atomic E-state index is 13.2. The van der Waals surface area contributed by atoms with Crippen LogP contribution in [0.2, 0.25) is 0 Å². The maximum atomic E-state index is 13.2. The second kappa shape index (κ2) is 6.01. The van der Waals surface area contributed by atoms with Crippen molar-refractivity contribution in [2.24, 2.45) is 21.7 Å². The zero-order valence-corrected chi connectivity index (χ0v) is 19.6. The predicted octanol–water partition coefficient (Wildman–Crippen LogP) is 1.85. The van der Waals surface area contributed by atoms with Crippen molar-refractivity contribution >= 4 is 23.8 Å². The molecule has 2 aliphatic carbocycles. The van der Waals surface area contributed by atoms with E-state index in [1.807, 2.05) is 41.5 Å².